The van der Waals surface area contributed by atoms with E-state index in [1.165, 1.54) is 0 Å². The number of amides is 1. The Morgan fingerprint density at radius 1 is 1.65 bits per heavy atom. The number of carbonyl (C=O) groups is 1. The van der Waals surface area contributed by atoms with Crippen LogP contribution in [0.4, 0.5) is 0 Å². The minimum Gasteiger partial charge on any atom is -0.378 e. The zero-order valence-corrected chi connectivity index (χ0v) is 11.6. The van der Waals surface area contributed by atoms with Gasteiger partial charge in [0.05, 0.1) is 12.1 Å². The summed E-state index contributed by atoms with van der Waals surface area (Å²) in [5.41, 5.74) is 5.80. The summed E-state index contributed by atoms with van der Waals surface area (Å²) >= 11 is 1.72. The molecule has 1 saturated heterocycles. The summed E-state index contributed by atoms with van der Waals surface area (Å²) in [5.74, 6) is 1.46. The number of hydrogen-bond acceptors (Lipinski definition) is 4. The van der Waals surface area contributed by atoms with Gasteiger partial charge in [0, 0.05) is 13.2 Å². The molecule has 1 heterocycles. The molecule has 0 saturated carbocycles. The number of nitrogens with one attached hydrogen (secondary N) is 1. The van der Waals surface area contributed by atoms with Crippen molar-refractivity contribution < 1.29 is 9.53 Å². The number of hydrogen-bond donors (Lipinski definition) is 2. The van der Waals surface area contributed by atoms with Gasteiger partial charge in [-0.05, 0) is 44.1 Å². The van der Waals surface area contributed by atoms with E-state index in [1.54, 1.807) is 11.8 Å². The van der Waals surface area contributed by atoms with Crippen LogP contribution in [0.1, 0.15) is 26.2 Å². The van der Waals surface area contributed by atoms with E-state index in [2.05, 4.69) is 12.2 Å². The number of carbonyl (C=O) groups excluding carboxylic acids is 1. The van der Waals surface area contributed by atoms with Crippen LogP contribution in [0.3, 0.4) is 0 Å². The average molecular weight is 260 g/mol. The lowest BCUT2D eigenvalue weighted by Gasteiger charge is -2.27. The second kappa shape index (κ2) is 7.95. The maximum atomic E-state index is 11.7. The summed E-state index contributed by atoms with van der Waals surface area (Å²) in [6.07, 6.45) is 5.15. The molecule has 100 valence electrons. The second-order valence-corrected chi connectivity index (χ2v) is 5.69. The van der Waals surface area contributed by atoms with Crippen molar-refractivity contribution in [2.24, 2.45) is 11.7 Å². The molecule has 1 aliphatic rings. The fourth-order valence-corrected chi connectivity index (χ4v) is 2.52. The van der Waals surface area contributed by atoms with E-state index in [0.29, 0.717) is 12.0 Å². The molecule has 0 aromatic rings. The molecular weight excluding hydrogens is 236 g/mol. The van der Waals surface area contributed by atoms with Crippen LogP contribution < -0.4 is 11.1 Å². The quantitative estimate of drug-likeness (QED) is 0.748. The van der Waals surface area contributed by atoms with Gasteiger partial charge in [-0.25, -0.2) is 0 Å². The zero-order valence-electron chi connectivity index (χ0n) is 10.8. The van der Waals surface area contributed by atoms with Crippen molar-refractivity contribution in [2.75, 3.05) is 25.2 Å². The van der Waals surface area contributed by atoms with Gasteiger partial charge in [-0.2, -0.15) is 11.8 Å². The number of thioether (sulfide) groups is 1. The molecule has 1 aliphatic heterocycles. The Labute approximate surface area is 108 Å². The molecule has 0 radical (unpaired) electrons. The van der Waals surface area contributed by atoms with Gasteiger partial charge in [0.1, 0.15) is 0 Å². The molecule has 0 spiro atoms. The molecule has 0 aromatic heterocycles. The summed E-state index contributed by atoms with van der Waals surface area (Å²) in [4.78, 5) is 11.7. The Hall–Kier alpha value is -0.260. The van der Waals surface area contributed by atoms with Crippen molar-refractivity contribution in [3.63, 3.8) is 0 Å². The van der Waals surface area contributed by atoms with Crippen LogP contribution in [-0.4, -0.2) is 43.2 Å². The first kappa shape index (κ1) is 14.8. The van der Waals surface area contributed by atoms with Gasteiger partial charge in [-0.3, -0.25) is 4.79 Å². The molecule has 1 fully saturated rings. The topological polar surface area (TPSA) is 64.4 Å². The predicted molar refractivity (Wildman–Crippen MR) is 72.1 cm³/mol. The largest absolute Gasteiger partial charge is 0.378 e. The van der Waals surface area contributed by atoms with Crippen LogP contribution in [0.5, 0.6) is 0 Å². The van der Waals surface area contributed by atoms with Crippen LogP contribution in [-0.2, 0) is 9.53 Å². The Kier molecular flexibility index (Phi) is 6.92. The number of nitrogens with two attached hydrogens (primary N) is 1. The fourth-order valence-electron chi connectivity index (χ4n) is 2.03. The Morgan fingerprint density at radius 2 is 2.41 bits per heavy atom. The highest BCUT2D eigenvalue weighted by atomic mass is 32.2. The molecule has 0 aliphatic carbocycles. The summed E-state index contributed by atoms with van der Waals surface area (Å²) < 4.78 is 5.48. The van der Waals surface area contributed by atoms with Gasteiger partial charge in [0.15, 0.2) is 0 Å². The molecule has 3 N–H and O–H groups in total. The monoisotopic (exact) mass is 260 g/mol. The smallest absolute Gasteiger partial charge is 0.236 e. The first-order valence-electron chi connectivity index (χ1n) is 6.27. The molecule has 1 rings (SSSR count). The summed E-state index contributed by atoms with van der Waals surface area (Å²) in [6, 6.07) is -0.361. The van der Waals surface area contributed by atoms with Crippen molar-refractivity contribution in [1.82, 2.24) is 5.32 Å². The van der Waals surface area contributed by atoms with Crippen molar-refractivity contribution in [3.8, 4) is 0 Å². The first-order valence-corrected chi connectivity index (χ1v) is 7.66. The molecule has 3 unspecified atom stereocenters. The van der Waals surface area contributed by atoms with E-state index < -0.39 is 0 Å². The minimum atomic E-state index is -0.361. The van der Waals surface area contributed by atoms with E-state index in [9.17, 15) is 4.79 Å². The number of ether oxygens (including phenoxy) is 1. The van der Waals surface area contributed by atoms with Crippen molar-refractivity contribution in [3.05, 3.63) is 0 Å². The van der Waals surface area contributed by atoms with E-state index in [4.69, 9.17) is 10.5 Å². The normalized spacial score (nSPS) is 26.5. The molecule has 1 amide bonds. The third-order valence-electron chi connectivity index (χ3n) is 3.13. The van der Waals surface area contributed by atoms with Crippen LogP contribution in [0.15, 0.2) is 0 Å². The molecule has 4 nitrogen and oxygen atoms in total. The lowest BCUT2D eigenvalue weighted by atomic mass is 9.96. The van der Waals surface area contributed by atoms with Gasteiger partial charge in [-0.15, -0.1) is 0 Å². The second-order valence-electron chi connectivity index (χ2n) is 4.70. The predicted octanol–water partition coefficient (Wildman–Crippen LogP) is 0.998. The van der Waals surface area contributed by atoms with E-state index >= 15 is 0 Å². The Bertz CT molecular complexity index is 239. The molecule has 0 bridgehead atoms. The van der Waals surface area contributed by atoms with E-state index in [1.807, 2.05) is 6.26 Å². The lowest BCUT2D eigenvalue weighted by Crippen LogP contribution is -2.43. The SMILES string of the molecule is CSCCC(N)C(=O)NCC1CCOC(C)C1. The molecule has 0 aromatic carbocycles. The van der Waals surface area contributed by atoms with Crippen LogP contribution in [0, 0.1) is 5.92 Å². The lowest BCUT2D eigenvalue weighted by molar-refractivity contribution is -0.122. The van der Waals surface area contributed by atoms with Gasteiger partial charge in [0.25, 0.3) is 0 Å². The standard InChI is InChI=1S/C12H24N2O2S/c1-9-7-10(3-5-16-9)8-14-12(15)11(13)4-6-17-2/h9-11H,3-8,13H2,1-2H3,(H,14,15). The minimum absolute atomic E-state index is 0.0156. The van der Waals surface area contributed by atoms with Gasteiger partial charge < -0.3 is 15.8 Å². The van der Waals surface area contributed by atoms with Crippen molar-refractivity contribution >= 4 is 17.7 Å². The Balaban J connectivity index is 2.18. The van der Waals surface area contributed by atoms with Gasteiger partial charge in [0.2, 0.25) is 5.91 Å². The highest BCUT2D eigenvalue weighted by molar-refractivity contribution is 7.98. The summed E-state index contributed by atoms with van der Waals surface area (Å²) in [7, 11) is 0. The average Bonchev–Trinajstić information content (AvgIpc) is 2.33. The van der Waals surface area contributed by atoms with Gasteiger partial charge >= 0.3 is 0 Å². The van der Waals surface area contributed by atoms with Crippen molar-refractivity contribution in [1.29, 1.82) is 0 Å². The van der Waals surface area contributed by atoms with Crippen LogP contribution in [0.2, 0.25) is 0 Å². The summed E-state index contributed by atoms with van der Waals surface area (Å²) in [6.45, 7) is 3.62. The summed E-state index contributed by atoms with van der Waals surface area (Å²) in [5, 5.41) is 2.95. The highest BCUT2D eigenvalue weighted by Gasteiger charge is 2.20. The van der Waals surface area contributed by atoms with Gasteiger partial charge in [-0.1, -0.05) is 0 Å². The maximum absolute atomic E-state index is 11.7. The van der Waals surface area contributed by atoms with Crippen LogP contribution in [0.25, 0.3) is 0 Å². The van der Waals surface area contributed by atoms with E-state index in [-0.39, 0.29) is 11.9 Å². The molecule has 3 atom stereocenters. The highest BCUT2D eigenvalue weighted by Crippen LogP contribution is 2.18. The maximum Gasteiger partial charge on any atom is 0.236 e. The Morgan fingerprint density at radius 3 is 3.06 bits per heavy atom. The first-order chi connectivity index (χ1) is 8.13. The molecule has 17 heavy (non-hydrogen) atoms. The fraction of sp³-hybridized carbons (Fsp3) is 0.917. The molecular formula is C12H24N2O2S. The van der Waals surface area contributed by atoms with E-state index in [0.717, 1.165) is 38.2 Å². The third kappa shape index (κ3) is 5.75. The van der Waals surface area contributed by atoms with Crippen molar-refractivity contribution in [2.45, 2.75) is 38.3 Å². The third-order valence-corrected chi connectivity index (χ3v) is 3.77. The zero-order chi connectivity index (χ0) is 12.7. The number of rotatable bonds is 6. The molecule has 5 heteroatoms. The van der Waals surface area contributed by atoms with Crippen LogP contribution >= 0.6 is 11.8 Å².